The van der Waals surface area contributed by atoms with Crippen LogP contribution < -0.4 is 0 Å². The Balaban J connectivity index is 2.12. The molecule has 0 saturated carbocycles. The predicted molar refractivity (Wildman–Crippen MR) is 76.6 cm³/mol. The van der Waals surface area contributed by atoms with Crippen LogP contribution in [-0.4, -0.2) is 9.97 Å². The van der Waals surface area contributed by atoms with Crippen LogP contribution in [0.2, 0.25) is 0 Å². The largest absolute Gasteiger partial charge is 0.264 e. The first kappa shape index (κ1) is 10.9. The van der Waals surface area contributed by atoms with Gasteiger partial charge in [-0.1, -0.05) is 19.1 Å². The van der Waals surface area contributed by atoms with E-state index in [2.05, 4.69) is 41.2 Å². The van der Waals surface area contributed by atoms with Gasteiger partial charge in [-0.25, -0.2) is 0 Å². The van der Waals surface area contributed by atoms with Crippen LogP contribution in [0.25, 0.3) is 16.8 Å². The van der Waals surface area contributed by atoms with Crippen molar-refractivity contribution in [3.63, 3.8) is 0 Å². The smallest absolute Gasteiger partial charge is 0.0750 e. The van der Waals surface area contributed by atoms with Crippen LogP contribution in [0.1, 0.15) is 37.3 Å². The van der Waals surface area contributed by atoms with Crippen molar-refractivity contribution in [2.45, 2.75) is 31.6 Å². The van der Waals surface area contributed by atoms with E-state index < -0.39 is 0 Å². The molecule has 1 atom stereocenters. The van der Waals surface area contributed by atoms with Crippen LogP contribution in [0.4, 0.5) is 0 Å². The van der Waals surface area contributed by atoms with E-state index in [0.717, 1.165) is 18.5 Å². The molecule has 1 unspecified atom stereocenters. The van der Waals surface area contributed by atoms with E-state index >= 15 is 0 Å². The molecule has 2 heteroatoms. The lowest BCUT2D eigenvalue weighted by Crippen LogP contribution is -2.28. The standard InChI is InChI=1S/C17H16N2/c1-2-17-8-3-5-14(17)13-11-18-10-7-12(13)16-15(17)6-4-9-19-16/h4-7,9-11H,2-3,8H2,1H3. The third-order valence-corrected chi connectivity index (χ3v) is 4.73. The van der Waals surface area contributed by atoms with Gasteiger partial charge in [0.15, 0.2) is 0 Å². The monoisotopic (exact) mass is 248 g/mol. The SMILES string of the molecule is CCC12CCC=C1c1cnccc1-c1ncccc12. The van der Waals surface area contributed by atoms with Gasteiger partial charge >= 0.3 is 0 Å². The summed E-state index contributed by atoms with van der Waals surface area (Å²) in [7, 11) is 0. The van der Waals surface area contributed by atoms with Crippen molar-refractivity contribution in [1.29, 1.82) is 0 Å². The van der Waals surface area contributed by atoms with E-state index in [1.165, 1.54) is 28.7 Å². The molecule has 2 aromatic rings. The molecular weight excluding hydrogens is 232 g/mol. The molecular formula is C17H16N2. The zero-order valence-corrected chi connectivity index (χ0v) is 11.1. The molecule has 94 valence electrons. The Bertz CT molecular complexity index is 687. The number of nitrogens with zero attached hydrogens (tertiary/aromatic N) is 2. The summed E-state index contributed by atoms with van der Waals surface area (Å²) >= 11 is 0. The summed E-state index contributed by atoms with van der Waals surface area (Å²) in [6.07, 6.45) is 11.7. The first-order valence-corrected chi connectivity index (χ1v) is 6.98. The first-order valence-electron chi connectivity index (χ1n) is 6.98. The maximum Gasteiger partial charge on any atom is 0.0750 e. The van der Waals surface area contributed by atoms with Crippen molar-refractivity contribution in [2.24, 2.45) is 0 Å². The minimum absolute atomic E-state index is 0.166. The Morgan fingerprint density at radius 3 is 3.05 bits per heavy atom. The van der Waals surface area contributed by atoms with E-state index in [1.807, 2.05) is 18.6 Å². The third kappa shape index (κ3) is 1.26. The van der Waals surface area contributed by atoms with Gasteiger partial charge in [0.05, 0.1) is 5.69 Å². The van der Waals surface area contributed by atoms with E-state index in [4.69, 9.17) is 0 Å². The molecule has 0 amide bonds. The Morgan fingerprint density at radius 1 is 1.21 bits per heavy atom. The zero-order valence-electron chi connectivity index (χ0n) is 11.1. The van der Waals surface area contributed by atoms with Crippen LogP contribution in [0.15, 0.2) is 42.9 Å². The van der Waals surface area contributed by atoms with Gasteiger partial charge in [-0.2, -0.15) is 0 Å². The van der Waals surface area contributed by atoms with Gasteiger partial charge in [0.25, 0.3) is 0 Å². The fraction of sp³-hybridized carbons (Fsp3) is 0.294. The molecule has 4 rings (SSSR count). The number of allylic oxidation sites excluding steroid dienone is 2. The van der Waals surface area contributed by atoms with Gasteiger partial charge in [0.1, 0.15) is 0 Å². The predicted octanol–water partition coefficient (Wildman–Crippen LogP) is 3.98. The second-order valence-corrected chi connectivity index (χ2v) is 5.41. The molecule has 0 spiro atoms. The van der Waals surface area contributed by atoms with Gasteiger partial charge in [-0.15, -0.1) is 0 Å². The van der Waals surface area contributed by atoms with Crippen LogP contribution in [0.5, 0.6) is 0 Å². The molecule has 0 aromatic carbocycles. The molecule has 2 heterocycles. The molecule has 0 bridgehead atoms. The molecule has 0 radical (unpaired) electrons. The Labute approximate surface area is 113 Å². The van der Waals surface area contributed by atoms with Crippen LogP contribution >= 0.6 is 0 Å². The minimum atomic E-state index is 0.166. The lowest BCUT2D eigenvalue weighted by Gasteiger charge is -2.38. The van der Waals surface area contributed by atoms with Gasteiger partial charge in [0.2, 0.25) is 0 Å². The van der Waals surface area contributed by atoms with Crippen molar-refractivity contribution in [3.8, 4) is 11.3 Å². The van der Waals surface area contributed by atoms with Gasteiger partial charge in [0, 0.05) is 35.1 Å². The summed E-state index contributed by atoms with van der Waals surface area (Å²) in [5.41, 5.74) is 6.72. The maximum atomic E-state index is 4.66. The minimum Gasteiger partial charge on any atom is -0.264 e. The highest BCUT2D eigenvalue weighted by Gasteiger charge is 2.43. The molecule has 0 aliphatic heterocycles. The van der Waals surface area contributed by atoms with Crippen molar-refractivity contribution < 1.29 is 0 Å². The molecule has 0 saturated heterocycles. The number of fused-ring (bicyclic) bond motifs is 6. The lowest BCUT2D eigenvalue weighted by atomic mass is 9.66. The summed E-state index contributed by atoms with van der Waals surface area (Å²) in [5, 5.41) is 0. The summed E-state index contributed by atoms with van der Waals surface area (Å²) in [4.78, 5) is 8.99. The molecule has 0 fully saturated rings. The number of pyridine rings is 2. The number of hydrogen-bond acceptors (Lipinski definition) is 2. The Morgan fingerprint density at radius 2 is 2.16 bits per heavy atom. The van der Waals surface area contributed by atoms with Crippen molar-refractivity contribution >= 4 is 5.57 Å². The molecule has 2 nitrogen and oxygen atoms in total. The van der Waals surface area contributed by atoms with Gasteiger partial charge in [-0.05, 0) is 42.5 Å². The molecule has 0 N–H and O–H groups in total. The number of rotatable bonds is 1. The second kappa shape index (κ2) is 3.77. The van der Waals surface area contributed by atoms with E-state index in [-0.39, 0.29) is 5.41 Å². The van der Waals surface area contributed by atoms with E-state index in [9.17, 15) is 0 Å². The average molecular weight is 248 g/mol. The fourth-order valence-corrected chi connectivity index (χ4v) is 3.82. The number of aromatic nitrogens is 2. The van der Waals surface area contributed by atoms with Crippen molar-refractivity contribution in [3.05, 3.63) is 54.0 Å². The van der Waals surface area contributed by atoms with E-state index in [0.29, 0.717) is 0 Å². The molecule has 2 aromatic heterocycles. The fourth-order valence-electron chi connectivity index (χ4n) is 3.82. The Hall–Kier alpha value is -1.96. The van der Waals surface area contributed by atoms with Gasteiger partial charge in [-0.3, -0.25) is 9.97 Å². The van der Waals surface area contributed by atoms with Gasteiger partial charge < -0.3 is 0 Å². The normalized spacial score (nSPS) is 23.3. The molecule has 2 aliphatic carbocycles. The summed E-state index contributed by atoms with van der Waals surface area (Å²) < 4.78 is 0. The highest BCUT2D eigenvalue weighted by Crippen LogP contribution is 2.56. The quantitative estimate of drug-likeness (QED) is 0.762. The highest BCUT2D eigenvalue weighted by atomic mass is 14.7. The second-order valence-electron chi connectivity index (χ2n) is 5.41. The number of hydrogen-bond donors (Lipinski definition) is 0. The summed E-state index contributed by atoms with van der Waals surface area (Å²) in [5.74, 6) is 0. The molecule has 2 aliphatic rings. The van der Waals surface area contributed by atoms with Crippen LogP contribution in [-0.2, 0) is 5.41 Å². The highest BCUT2D eigenvalue weighted by molar-refractivity contribution is 5.92. The zero-order chi connectivity index (χ0) is 12.9. The summed E-state index contributed by atoms with van der Waals surface area (Å²) in [6.45, 7) is 2.29. The topological polar surface area (TPSA) is 25.8 Å². The average Bonchev–Trinajstić information content (AvgIpc) is 2.93. The Kier molecular flexibility index (Phi) is 2.16. The maximum absolute atomic E-state index is 4.66. The van der Waals surface area contributed by atoms with Crippen molar-refractivity contribution in [1.82, 2.24) is 9.97 Å². The van der Waals surface area contributed by atoms with Crippen LogP contribution in [0, 0.1) is 0 Å². The lowest BCUT2D eigenvalue weighted by molar-refractivity contribution is 0.515. The van der Waals surface area contributed by atoms with Crippen molar-refractivity contribution in [2.75, 3.05) is 0 Å². The third-order valence-electron chi connectivity index (χ3n) is 4.73. The van der Waals surface area contributed by atoms with Crippen LogP contribution in [0.3, 0.4) is 0 Å². The molecule has 19 heavy (non-hydrogen) atoms. The first-order chi connectivity index (χ1) is 9.37. The van der Waals surface area contributed by atoms with E-state index in [1.54, 1.807) is 0 Å². The summed E-state index contributed by atoms with van der Waals surface area (Å²) in [6, 6.07) is 6.42.